The van der Waals surface area contributed by atoms with E-state index in [4.69, 9.17) is 0 Å². The van der Waals surface area contributed by atoms with Gasteiger partial charge in [0.1, 0.15) is 0 Å². The molecule has 0 aliphatic heterocycles. The summed E-state index contributed by atoms with van der Waals surface area (Å²) in [5.74, 6) is 1.27. The van der Waals surface area contributed by atoms with Crippen LogP contribution in [0.5, 0.6) is 0 Å². The van der Waals surface area contributed by atoms with Crippen LogP contribution in [0.3, 0.4) is 0 Å². The molecule has 0 saturated heterocycles. The molecule has 0 fully saturated rings. The van der Waals surface area contributed by atoms with Gasteiger partial charge in [0, 0.05) is 18.0 Å². The van der Waals surface area contributed by atoms with Crippen LogP contribution in [-0.4, -0.2) is 9.97 Å². The SMILES string of the molecule is CC(C)c1cnc(-c2ccccc2)nc1. The van der Waals surface area contributed by atoms with E-state index in [0.29, 0.717) is 5.92 Å². The molecule has 0 N–H and O–H groups in total. The van der Waals surface area contributed by atoms with Crippen LogP contribution in [-0.2, 0) is 0 Å². The van der Waals surface area contributed by atoms with Crippen LogP contribution in [0.4, 0.5) is 0 Å². The summed E-state index contributed by atoms with van der Waals surface area (Å²) in [6, 6.07) is 10.0. The second-order valence-corrected chi connectivity index (χ2v) is 3.86. The van der Waals surface area contributed by atoms with Gasteiger partial charge >= 0.3 is 0 Å². The average Bonchev–Trinajstić information content (AvgIpc) is 2.30. The highest BCUT2D eigenvalue weighted by Crippen LogP contribution is 2.16. The molecule has 2 rings (SSSR count). The maximum atomic E-state index is 4.36. The normalized spacial score (nSPS) is 10.6. The maximum Gasteiger partial charge on any atom is 0.159 e. The van der Waals surface area contributed by atoms with Crippen LogP contribution >= 0.6 is 0 Å². The fraction of sp³-hybridized carbons (Fsp3) is 0.231. The largest absolute Gasteiger partial charge is 0.236 e. The molecule has 15 heavy (non-hydrogen) atoms. The van der Waals surface area contributed by atoms with Crippen molar-refractivity contribution in [1.82, 2.24) is 9.97 Å². The predicted octanol–water partition coefficient (Wildman–Crippen LogP) is 3.27. The summed E-state index contributed by atoms with van der Waals surface area (Å²) >= 11 is 0. The van der Waals surface area contributed by atoms with Gasteiger partial charge in [0.15, 0.2) is 5.82 Å². The third-order valence-electron chi connectivity index (χ3n) is 2.37. The third kappa shape index (κ3) is 2.21. The Morgan fingerprint density at radius 3 is 2.07 bits per heavy atom. The van der Waals surface area contributed by atoms with E-state index in [-0.39, 0.29) is 0 Å². The molecule has 2 heteroatoms. The van der Waals surface area contributed by atoms with E-state index in [9.17, 15) is 0 Å². The van der Waals surface area contributed by atoms with Crippen molar-refractivity contribution in [2.24, 2.45) is 0 Å². The molecule has 1 aromatic carbocycles. The van der Waals surface area contributed by atoms with Crippen molar-refractivity contribution in [3.63, 3.8) is 0 Å². The van der Waals surface area contributed by atoms with Crippen molar-refractivity contribution in [3.05, 3.63) is 48.3 Å². The van der Waals surface area contributed by atoms with E-state index in [2.05, 4.69) is 23.8 Å². The van der Waals surface area contributed by atoms with E-state index in [0.717, 1.165) is 11.4 Å². The Morgan fingerprint density at radius 1 is 0.933 bits per heavy atom. The Morgan fingerprint density at radius 2 is 1.53 bits per heavy atom. The zero-order valence-electron chi connectivity index (χ0n) is 9.01. The van der Waals surface area contributed by atoms with Crippen LogP contribution in [0, 0.1) is 0 Å². The van der Waals surface area contributed by atoms with Crippen molar-refractivity contribution < 1.29 is 0 Å². The molecule has 0 aliphatic rings. The summed E-state index contributed by atoms with van der Waals surface area (Å²) in [5.41, 5.74) is 2.24. The van der Waals surface area contributed by atoms with Gasteiger partial charge in [-0.15, -0.1) is 0 Å². The molecule has 76 valence electrons. The molecule has 0 saturated carbocycles. The minimum atomic E-state index is 0.481. The molecular weight excluding hydrogens is 184 g/mol. The summed E-state index contributed by atoms with van der Waals surface area (Å²) in [4.78, 5) is 8.72. The molecule has 2 aromatic rings. The van der Waals surface area contributed by atoms with Gasteiger partial charge in [-0.05, 0) is 11.5 Å². The van der Waals surface area contributed by atoms with Crippen molar-refractivity contribution in [1.29, 1.82) is 0 Å². The Labute approximate surface area is 90.0 Å². The molecule has 0 aliphatic carbocycles. The minimum Gasteiger partial charge on any atom is -0.236 e. The molecule has 0 spiro atoms. The number of nitrogens with zero attached hydrogens (tertiary/aromatic N) is 2. The summed E-state index contributed by atoms with van der Waals surface area (Å²) in [5, 5.41) is 0. The standard InChI is InChI=1S/C13H14N2/c1-10(2)12-8-14-13(15-9-12)11-6-4-3-5-7-11/h3-10H,1-2H3. The highest BCUT2D eigenvalue weighted by molar-refractivity contribution is 5.53. The van der Waals surface area contributed by atoms with E-state index >= 15 is 0 Å². The lowest BCUT2D eigenvalue weighted by Gasteiger charge is -2.04. The lowest BCUT2D eigenvalue weighted by Crippen LogP contribution is -1.93. The summed E-state index contributed by atoms with van der Waals surface area (Å²) < 4.78 is 0. The first-order chi connectivity index (χ1) is 7.27. The highest BCUT2D eigenvalue weighted by atomic mass is 14.9. The van der Waals surface area contributed by atoms with Crippen molar-refractivity contribution in [2.45, 2.75) is 19.8 Å². The smallest absolute Gasteiger partial charge is 0.159 e. The Balaban J connectivity index is 2.32. The van der Waals surface area contributed by atoms with Gasteiger partial charge in [0.05, 0.1) is 0 Å². The van der Waals surface area contributed by atoms with Crippen LogP contribution in [0.15, 0.2) is 42.7 Å². The third-order valence-corrected chi connectivity index (χ3v) is 2.37. The number of hydrogen-bond donors (Lipinski definition) is 0. The Hall–Kier alpha value is -1.70. The molecular formula is C13H14N2. The zero-order valence-corrected chi connectivity index (χ0v) is 9.01. The fourth-order valence-corrected chi connectivity index (χ4v) is 1.37. The lowest BCUT2D eigenvalue weighted by atomic mass is 10.1. The van der Waals surface area contributed by atoms with E-state index < -0.39 is 0 Å². The second kappa shape index (κ2) is 4.22. The highest BCUT2D eigenvalue weighted by Gasteiger charge is 2.02. The first kappa shape index (κ1) is 9.84. The Kier molecular flexibility index (Phi) is 2.77. The quantitative estimate of drug-likeness (QED) is 0.740. The van der Waals surface area contributed by atoms with Crippen molar-refractivity contribution in [2.75, 3.05) is 0 Å². The van der Waals surface area contributed by atoms with E-state index in [1.165, 1.54) is 5.56 Å². The summed E-state index contributed by atoms with van der Waals surface area (Å²) in [6.07, 6.45) is 3.81. The molecule has 0 bridgehead atoms. The lowest BCUT2D eigenvalue weighted by molar-refractivity contribution is 0.847. The van der Waals surface area contributed by atoms with Crippen LogP contribution in [0.2, 0.25) is 0 Å². The van der Waals surface area contributed by atoms with Crippen LogP contribution in [0.25, 0.3) is 11.4 Å². The fourth-order valence-electron chi connectivity index (χ4n) is 1.37. The molecule has 1 aromatic heterocycles. The van der Waals surface area contributed by atoms with Crippen LogP contribution < -0.4 is 0 Å². The molecule has 0 radical (unpaired) electrons. The van der Waals surface area contributed by atoms with Crippen LogP contribution in [0.1, 0.15) is 25.3 Å². The second-order valence-electron chi connectivity index (χ2n) is 3.86. The van der Waals surface area contributed by atoms with Gasteiger partial charge in [0.2, 0.25) is 0 Å². The van der Waals surface area contributed by atoms with Crippen molar-refractivity contribution >= 4 is 0 Å². The average molecular weight is 198 g/mol. The zero-order chi connectivity index (χ0) is 10.7. The van der Waals surface area contributed by atoms with Gasteiger partial charge < -0.3 is 0 Å². The molecule has 0 atom stereocenters. The van der Waals surface area contributed by atoms with E-state index in [1.807, 2.05) is 42.7 Å². The van der Waals surface area contributed by atoms with Crippen molar-refractivity contribution in [3.8, 4) is 11.4 Å². The van der Waals surface area contributed by atoms with Gasteiger partial charge in [0.25, 0.3) is 0 Å². The summed E-state index contributed by atoms with van der Waals surface area (Å²) in [6.45, 7) is 4.28. The first-order valence-corrected chi connectivity index (χ1v) is 5.15. The maximum absolute atomic E-state index is 4.36. The first-order valence-electron chi connectivity index (χ1n) is 5.15. The monoisotopic (exact) mass is 198 g/mol. The van der Waals surface area contributed by atoms with Gasteiger partial charge in [-0.2, -0.15) is 0 Å². The number of aromatic nitrogens is 2. The number of rotatable bonds is 2. The van der Waals surface area contributed by atoms with Gasteiger partial charge in [-0.1, -0.05) is 44.2 Å². The summed E-state index contributed by atoms with van der Waals surface area (Å²) in [7, 11) is 0. The molecule has 1 heterocycles. The molecule has 2 nitrogen and oxygen atoms in total. The minimum absolute atomic E-state index is 0.481. The molecule has 0 unspecified atom stereocenters. The number of benzene rings is 1. The topological polar surface area (TPSA) is 25.8 Å². The van der Waals surface area contributed by atoms with Gasteiger partial charge in [-0.3, -0.25) is 0 Å². The number of hydrogen-bond acceptors (Lipinski definition) is 2. The Bertz CT molecular complexity index is 418. The molecule has 0 amide bonds. The predicted molar refractivity (Wildman–Crippen MR) is 61.6 cm³/mol. The van der Waals surface area contributed by atoms with E-state index in [1.54, 1.807) is 0 Å². The van der Waals surface area contributed by atoms with Gasteiger partial charge in [-0.25, -0.2) is 9.97 Å².